The van der Waals surface area contributed by atoms with Crippen LogP contribution in [0, 0.1) is 0 Å². The Kier molecular flexibility index (Phi) is 2.11. The third-order valence-corrected chi connectivity index (χ3v) is 1.63. The zero-order chi connectivity index (χ0) is 7.72. The van der Waals surface area contributed by atoms with Crippen molar-refractivity contribution in [3.63, 3.8) is 0 Å². The summed E-state index contributed by atoms with van der Waals surface area (Å²) in [4.78, 5) is 10.6. The van der Waals surface area contributed by atoms with Gasteiger partial charge in [-0.2, -0.15) is 5.10 Å². The molecule has 1 heterocycles. The van der Waals surface area contributed by atoms with Crippen molar-refractivity contribution >= 4 is 32.8 Å². The molecule has 54 valence electrons. The van der Waals surface area contributed by atoms with Gasteiger partial charge in [0, 0.05) is 13.1 Å². The Morgan fingerprint density at radius 1 is 1.90 bits per heavy atom. The molecule has 0 atom stereocenters. The maximum atomic E-state index is 10.6. The first kappa shape index (κ1) is 7.75. The zero-order valence-electron chi connectivity index (χ0n) is 5.14. The fourth-order valence-corrected chi connectivity index (χ4v) is 1.25. The van der Waals surface area contributed by atoms with Crippen LogP contribution in [0.25, 0.3) is 0 Å². The number of carbonyl (C=O) groups is 1. The minimum Gasteiger partial charge on any atom is -0.274 e. The number of carbonyl (C=O) groups excluding carboxylic acids is 1. The summed E-state index contributed by atoms with van der Waals surface area (Å²) in [7, 11) is 1.65. The molecular formula is C5H4BrClN2O. The summed E-state index contributed by atoms with van der Waals surface area (Å²) in [5.41, 5.74) is 0.383. The molecule has 5 heteroatoms. The lowest BCUT2D eigenvalue weighted by Gasteiger charge is -1.90. The number of aryl methyl sites for hydroxylation is 1. The van der Waals surface area contributed by atoms with Crippen molar-refractivity contribution < 1.29 is 4.79 Å². The Balaban J connectivity index is 3.15. The topological polar surface area (TPSA) is 34.9 Å². The predicted octanol–water partition coefficient (Wildman–Crippen LogP) is 1.56. The van der Waals surface area contributed by atoms with Gasteiger partial charge in [-0.3, -0.25) is 9.48 Å². The summed E-state index contributed by atoms with van der Waals surface area (Å²) in [5.74, 6) is 0. The summed E-state index contributed by atoms with van der Waals surface area (Å²) in [6.45, 7) is 0. The molecule has 0 N–H and O–H groups in total. The van der Waals surface area contributed by atoms with Gasteiger partial charge in [0.25, 0.3) is 5.24 Å². The molecule has 0 aliphatic carbocycles. The first-order valence-corrected chi connectivity index (χ1v) is 3.67. The molecule has 0 spiro atoms. The molecule has 0 fully saturated rings. The summed E-state index contributed by atoms with van der Waals surface area (Å²) >= 11 is 8.31. The Hall–Kier alpha value is -0.350. The van der Waals surface area contributed by atoms with Crippen molar-refractivity contribution in [2.75, 3.05) is 0 Å². The molecule has 0 aliphatic rings. The van der Waals surface area contributed by atoms with Crippen LogP contribution in [0.3, 0.4) is 0 Å². The number of halogens is 2. The highest BCUT2D eigenvalue weighted by Crippen LogP contribution is 2.10. The van der Waals surface area contributed by atoms with E-state index in [2.05, 4.69) is 21.0 Å². The van der Waals surface area contributed by atoms with E-state index in [0.717, 1.165) is 0 Å². The van der Waals surface area contributed by atoms with E-state index in [-0.39, 0.29) is 0 Å². The first-order chi connectivity index (χ1) is 4.61. The number of rotatable bonds is 1. The third-order valence-electron chi connectivity index (χ3n) is 1.05. The second kappa shape index (κ2) is 2.72. The lowest BCUT2D eigenvalue weighted by Crippen LogP contribution is -2.00. The Bertz CT molecular complexity index is 271. The molecule has 1 aromatic rings. The molecule has 0 aromatic carbocycles. The highest BCUT2D eigenvalue weighted by Gasteiger charge is 2.07. The van der Waals surface area contributed by atoms with Crippen LogP contribution in [0.4, 0.5) is 0 Å². The van der Waals surface area contributed by atoms with Gasteiger partial charge in [-0.25, -0.2) is 0 Å². The minimum atomic E-state index is -0.499. The van der Waals surface area contributed by atoms with Gasteiger partial charge in [-0.1, -0.05) is 0 Å². The largest absolute Gasteiger partial charge is 0.274 e. The van der Waals surface area contributed by atoms with Crippen molar-refractivity contribution in [1.29, 1.82) is 0 Å². The maximum absolute atomic E-state index is 10.6. The van der Waals surface area contributed by atoms with E-state index in [1.54, 1.807) is 13.1 Å². The molecule has 0 aliphatic heterocycles. The average molecular weight is 223 g/mol. The normalized spacial score (nSPS) is 9.90. The van der Waals surface area contributed by atoms with Crippen molar-refractivity contribution in [2.45, 2.75) is 0 Å². The van der Waals surface area contributed by atoms with Crippen molar-refractivity contribution in [3.8, 4) is 0 Å². The van der Waals surface area contributed by atoms with Gasteiger partial charge in [0.1, 0.15) is 10.3 Å². The Morgan fingerprint density at radius 2 is 2.50 bits per heavy atom. The van der Waals surface area contributed by atoms with Crippen molar-refractivity contribution in [2.24, 2.45) is 7.05 Å². The van der Waals surface area contributed by atoms with Gasteiger partial charge in [0.15, 0.2) is 0 Å². The predicted molar refractivity (Wildman–Crippen MR) is 41.1 cm³/mol. The van der Waals surface area contributed by atoms with Gasteiger partial charge in [0.05, 0.1) is 0 Å². The first-order valence-electron chi connectivity index (χ1n) is 2.50. The molecule has 1 rings (SSSR count). The van der Waals surface area contributed by atoms with Gasteiger partial charge in [-0.15, -0.1) is 0 Å². The SMILES string of the molecule is Cn1nc(Br)cc1C(=O)Cl. The smallest absolute Gasteiger partial charge is 0.270 e. The number of hydrogen-bond donors (Lipinski definition) is 0. The summed E-state index contributed by atoms with van der Waals surface area (Å²) in [6, 6.07) is 1.56. The minimum absolute atomic E-state index is 0.383. The second-order valence-electron chi connectivity index (χ2n) is 1.75. The molecule has 0 amide bonds. The molecule has 0 unspecified atom stereocenters. The Morgan fingerprint density at radius 3 is 2.70 bits per heavy atom. The molecule has 1 aromatic heterocycles. The fraction of sp³-hybridized carbons (Fsp3) is 0.200. The molecule has 3 nitrogen and oxygen atoms in total. The van der Waals surface area contributed by atoms with Crippen molar-refractivity contribution in [1.82, 2.24) is 9.78 Å². The average Bonchev–Trinajstić information content (AvgIpc) is 2.10. The molecular weight excluding hydrogens is 219 g/mol. The summed E-state index contributed by atoms with van der Waals surface area (Å²) in [5, 5.41) is 3.36. The quantitative estimate of drug-likeness (QED) is 0.677. The van der Waals surface area contributed by atoms with Crippen LogP contribution in [-0.4, -0.2) is 15.0 Å². The summed E-state index contributed by atoms with van der Waals surface area (Å²) < 4.78 is 2.03. The molecule has 10 heavy (non-hydrogen) atoms. The number of nitrogens with zero attached hydrogens (tertiary/aromatic N) is 2. The second-order valence-corrected chi connectivity index (χ2v) is 2.91. The third kappa shape index (κ3) is 1.38. The lowest BCUT2D eigenvalue weighted by atomic mass is 10.5. The highest BCUT2D eigenvalue weighted by atomic mass is 79.9. The molecule has 0 saturated carbocycles. The Labute approximate surface area is 71.1 Å². The van der Waals surface area contributed by atoms with E-state index in [0.29, 0.717) is 10.3 Å². The van der Waals surface area contributed by atoms with Crippen LogP contribution >= 0.6 is 27.5 Å². The number of aromatic nitrogens is 2. The van der Waals surface area contributed by atoms with Crippen LogP contribution in [-0.2, 0) is 7.05 Å². The van der Waals surface area contributed by atoms with Gasteiger partial charge in [0.2, 0.25) is 0 Å². The highest BCUT2D eigenvalue weighted by molar-refractivity contribution is 9.10. The molecule has 0 saturated heterocycles. The van der Waals surface area contributed by atoms with Gasteiger partial charge < -0.3 is 0 Å². The van der Waals surface area contributed by atoms with E-state index >= 15 is 0 Å². The maximum Gasteiger partial charge on any atom is 0.270 e. The van der Waals surface area contributed by atoms with E-state index in [1.165, 1.54) is 4.68 Å². The van der Waals surface area contributed by atoms with E-state index in [4.69, 9.17) is 11.6 Å². The summed E-state index contributed by atoms with van der Waals surface area (Å²) in [6.07, 6.45) is 0. The van der Waals surface area contributed by atoms with Crippen LogP contribution in [0.5, 0.6) is 0 Å². The van der Waals surface area contributed by atoms with Crippen LogP contribution in [0.1, 0.15) is 10.5 Å². The van der Waals surface area contributed by atoms with E-state index < -0.39 is 5.24 Å². The van der Waals surface area contributed by atoms with Crippen molar-refractivity contribution in [3.05, 3.63) is 16.4 Å². The number of hydrogen-bond acceptors (Lipinski definition) is 2. The van der Waals surface area contributed by atoms with E-state index in [1.807, 2.05) is 0 Å². The van der Waals surface area contributed by atoms with Crippen LogP contribution in [0.15, 0.2) is 10.7 Å². The fourth-order valence-electron chi connectivity index (χ4n) is 0.616. The van der Waals surface area contributed by atoms with Gasteiger partial charge >= 0.3 is 0 Å². The van der Waals surface area contributed by atoms with Gasteiger partial charge in [-0.05, 0) is 27.5 Å². The monoisotopic (exact) mass is 222 g/mol. The molecule has 0 bridgehead atoms. The van der Waals surface area contributed by atoms with Crippen LogP contribution in [0.2, 0.25) is 0 Å². The lowest BCUT2D eigenvalue weighted by molar-refractivity contribution is 0.107. The standard InChI is InChI=1S/C5H4BrClN2O/c1-9-3(5(7)10)2-4(6)8-9/h2H,1H3. The van der Waals surface area contributed by atoms with E-state index in [9.17, 15) is 4.79 Å². The molecule has 0 radical (unpaired) electrons. The van der Waals surface area contributed by atoms with Crippen LogP contribution < -0.4 is 0 Å². The zero-order valence-corrected chi connectivity index (χ0v) is 7.48.